The van der Waals surface area contributed by atoms with Crippen molar-refractivity contribution in [3.8, 4) is 0 Å². The van der Waals surface area contributed by atoms with Crippen LogP contribution < -0.4 is 5.32 Å². The molecule has 0 bridgehead atoms. The van der Waals surface area contributed by atoms with Crippen molar-refractivity contribution in [1.29, 1.82) is 0 Å². The van der Waals surface area contributed by atoms with E-state index in [-0.39, 0.29) is 22.8 Å². The zero-order chi connectivity index (χ0) is 12.4. The van der Waals surface area contributed by atoms with Crippen molar-refractivity contribution < 1.29 is 9.53 Å². The van der Waals surface area contributed by atoms with E-state index in [4.69, 9.17) is 4.74 Å². The quantitative estimate of drug-likeness (QED) is 0.783. The molecular formula is C13H25NO2. The fraction of sp³-hybridized carbons (Fsp3) is 0.923. The zero-order valence-corrected chi connectivity index (χ0v) is 11.2. The Kier molecular flexibility index (Phi) is 4.00. The number of ether oxygens (including phenoxy) is 1. The molecule has 1 atom stereocenters. The highest BCUT2D eigenvalue weighted by molar-refractivity contribution is 5.85. The van der Waals surface area contributed by atoms with Gasteiger partial charge in [-0.05, 0) is 31.6 Å². The van der Waals surface area contributed by atoms with Crippen molar-refractivity contribution >= 4 is 5.91 Å². The minimum absolute atomic E-state index is 0.116. The summed E-state index contributed by atoms with van der Waals surface area (Å²) in [7, 11) is 1.69. The van der Waals surface area contributed by atoms with E-state index in [9.17, 15) is 4.79 Å². The van der Waals surface area contributed by atoms with Crippen LogP contribution in [0.2, 0.25) is 0 Å². The maximum atomic E-state index is 12.1. The summed E-state index contributed by atoms with van der Waals surface area (Å²) in [5, 5.41) is 3.14. The third-order valence-corrected chi connectivity index (χ3v) is 3.77. The van der Waals surface area contributed by atoms with E-state index in [1.54, 1.807) is 7.11 Å². The van der Waals surface area contributed by atoms with Gasteiger partial charge in [0.05, 0.1) is 5.41 Å². The molecule has 0 aromatic heterocycles. The van der Waals surface area contributed by atoms with Crippen molar-refractivity contribution in [2.45, 2.75) is 53.0 Å². The first-order chi connectivity index (χ1) is 7.32. The molecule has 0 radical (unpaired) electrons. The predicted octanol–water partition coefficient (Wildman–Crippen LogP) is 2.35. The van der Waals surface area contributed by atoms with E-state index in [1.165, 1.54) is 0 Å². The molecule has 0 aromatic carbocycles. The average Bonchev–Trinajstić information content (AvgIpc) is 2.94. The molecule has 0 spiro atoms. The number of carbonyl (C=O) groups excluding carboxylic acids is 1. The maximum Gasteiger partial charge on any atom is 0.226 e. The van der Waals surface area contributed by atoms with Crippen LogP contribution in [-0.2, 0) is 9.53 Å². The van der Waals surface area contributed by atoms with Gasteiger partial charge in [0.15, 0.2) is 0 Å². The summed E-state index contributed by atoms with van der Waals surface area (Å²) >= 11 is 0. The number of amides is 1. The molecule has 0 saturated heterocycles. The number of rotatable bonds is 5. The van der Waals surface area contributed by atoms with Crippen LogP contribution in [0.25, 0.3) is 0 Å². The molecule has 3 nitrogen and oxygen atoms in total. The van der Waals surface area contributed by atoms with Gasteiger partial charge in [0.25, 0.3) is 0 Å². The lowest BCUT2D eigenvalue weighted by Gasteiger charge is -2.29. The lowest BCUT2D eigenvalue weighted by atomic mass is 9.87. The summed E-state index contributed by atoms with van der Waals surface area (Å²) in [5.41, 5.74) is 0.00250. The fourth-order valence-corrected chi connectivity index (χ4v) is 1.61. The Morgan fingerprint density at radius 1 is 1.44 bits per heavy atom. The minimum atomic E-state index is -0.116. The molecule has 0 aliphatic heterocycles. The molecule has 16 heavy (non-hydrogen) atoms. The van der Waals surface area contributed by atoms with Crippen molar-refractivity contribution in [3.05, 3.63) is 0 Å². The Morgan fingerprint density at radius 3 is 2.38 bits per heavy atom. The largest absolute Gasteiger partial charge is 0.385 e. The van der Waals surface area contributed by atoms with E-state index < -0.39 is 0 Å². The second-order valence-corrected chi connectivity index (χ2v) is 6.08. The van der Waals surface area contributed by atoms with Crippen LogP contribution in [0.5, 0.6) is 0 Å². The highest BCUT2D eigenvalue weighted by Crippen LogP contribution is 2.49. The Labute approximate surface area is 98.9 Å². The zero-order valence-electron chi connectivity index (χ0n) is 11.2. The predicted molar refractivity (Wildman–Crippen MR) is 65.2 cm³/mol. The molecule has 1 N–H and O–H groups in total. The van der Waals surface area contributed by atoms with E-state index in [1.807, 2.05) is 0 Å². The second kappa shape index (κ2) is 4.74. The fourth-order valence-electron chi connectivity index (χ4n) is 1.61. The van der Waals surface area contributed by atoms with Gasteiger partial charge in [0, 0.05) is 19.8 Å². The lowest BCUT2D eigenvalue weighted by molar-refractivity contribution is -0.128. The van der Waals surface area contributed by atoms with Crippen LogP contribution in [-0.4, -0.2) is 25.7 Å². The third-order valence-electron chi connectivity index (χ3n) is 3.77. The van der Waals surface area contributed by atoms with Crippen molar-refractivity contribution in [2.75, 3.05) is 13.7 Å². The normalized spacial score (nSPS) is 20.3. The number of methoxy groups -OCH3 is 1. The molecule has 0 unspecified atom stereocenters. The summed E-state index contributed by atoms with van der Waals surface area (Å²) < 4.78 is 5.06. The average molecular weight is 227 g/mol. The lowest BCUT2D eigenvalue weighted by Crippen LogP contribution is -2.45. The van der Waals surface area contributed by atoms with Gasteiger partial charge < -0.3 is 10.1 Å². The van der Waals surface area contributed by atoms with Crippen molar-refractivity contribution in [2.24, 2.45) is 10.8 Å². The van der Waals surface area contributed by atoms with Gasteiger partial charge in [0.1, 0.15) is 0 Å². The topological polar surface area (TPSA) is 38.3 Å². The highest BCUT2D eigenvalue weighted by atomic mass is 16.5. The first-order valence-corrected chi connectivity index (χ1v) is 6.12. The molecular weight excluding hydrogens is 202 g/mol. The number of hydrogen-bond acceptors (Lipinski definition) is 2. The minimum Gasteiger partial charge on any atom is -0.385 e. The molecule has 1 amide bonds. The van der Waals surface area contributed by atoms with Gasteiger partial charge in [-0.15, -0.1) is 0 Å². The monoisotopic (exact) mass is 227 g/mol. The van der Waals surface area contributed by atoms with Gasteiger partial charge >= 0.3 is 0 Å². The molecule has 1 aliphatic carbocycles. The molecule has 0 heterocycles. The Morgan fingerprint density at radius 2 is 2.00 bits per heavy atom. The Hall–Kier alpha value is -0.570. The van der Waals surface area contributed by atoms with Crippen molar-refractivity contribution in [3.63, 3.8) is 0 Å². The molecule has 1 aliphatic rings. The van der Waals surface area contributed by atoms with E-state index in [0.717, 1.165) is 19.3 Å². The molecule has 94 valence electrons. The SMILES string of the molecule is COCCC1(C(=O)N[C@H](C)C(C)(C)C)CC1. The van der Waals surface area contributed by atoms with E-state index in [2.05, 4.69) is 33.0 Å². The number of nitrogens with one attached hydrogen (secondary N) is 1. The number of carbonyl (C=O) groups is 1. The summed E-state index contributed by atoms with van der Waals surface area (Å²) in [6.45, 7) is 9.19. The van der Waals surface area contributed by atoms with Gasteiger partial charge in [-0.3, -0.25) is 4.79 Å². The maximum absolute atomic E-state index is 12.1. The second-order valence-electron chi connectivity index (χ2n) is 6.08. The van der Waals surface area contributed by atoms with Gasteiger partial charge in [-0.1, -0.05) is 20.8 Å². The van der Waals surface area contributed by atoms with Crippen LogP contribution >= 0.6 is 0 Å². The summed E-state index contributed by atoms with van der Waals surface area (Å²) in [6, 6.07) is 0.208. The van der Waals surface area contributed by atoms with Crippen LogP contribution in [0, 0.1) is 10.8 Å². The van der Waals surface area contributed by atoms with Gasteiger partial charge in [-0.2, -0.15) is 0 Å². The summed E-state index contributed by atoms with van der Waals surface area (Å²) in [4.78, 5) is 12.1. The van der Waals surface area contributed by atoms with Gasteiger partial charge in [0.2, 0.25) is 5.91 Å². The summed E-state index contributed by atoms with van der Waals surface area (Å²) in [6.07, 6.45) is 2.88. The Bertz CT molecular complexity index is 251. The van der Waals surface area contributed by atoms with Crippen LogP contribution in [0.15, 0.2) is 0 Å². The molecule has 1 saturated carbocycles. The first kappa shape index (κ1) is 13.5. The molecule has 3 heteroatoms. The van der Waals surface area contributed by atoms with Crippen LogP contribution in [0.3, 0.4) is 0 Å². The Balaban J connectivity index is 2.46. The standard InChI is InChI=1S/C13H25NO2/c1-10(12(2,3)4)14-11(15)13(6-7-13)8-9-16-5/h10H,6-9H2,1-5H3,(H,14,15)/t10-/m1/s1. The highest BCUT2D eigenvalue weighted by Gasteiger charge is 2.49. The number of hydrogen-bond donors (Lipinski definition) is 1. The smallest absolute Gasteiger partial charge is 0.226 e. The van der Waals surface area contributed by atoms with E-state index >= 15 is 0 Å². The van der Waals surface area contributed by atoms with Crippen LogP contribution in [0.1, 0.15) is 47.0 Å². The molecule has 1 fully saturated rings. The van der Waals surface area contributed by atoms with E-state index in [0.29, 0.717) is 6.61 Å². The summed E-state index contributed by atoms with van der Waals surface area (Å²) in [5.74, 6) is 0.215. The third kappa shape index (κ3) is 3.21. The molecule has 1 rings (SSSR count). The van der Waals surface area contributed by atoms with Crippen molar-refractivity contribution in [1.82, 2.24) is 5.32 Å². The van der Waals surface area contributed by atoms with Crippen LogP contribution in [0.4, 0.5) is 0 Å². The first-order valence-electron chi connectivity index (χ1n) is 6.12. The van der Waals surface area contributed by atoms with Gasteiger partial charge in [-0.25, -0.2) is 0 Å². The molecule has 0 aromatic rings.